The fourth-order valence-electron chi connectivity index (χ4n) is 2.10. The van der Waals surface area contributed by atoms with Gasteiger partial charge in [0.2, 0.25) is 0 Å². The van der Waals surface area contributed by atoms with E-state index in [0.717, 1.165) is 24.0 Å². The van der Waals surface area contributed by atoms with Crippen LogP contribution in [-0.2, 0) is 0 Å². The van der Waals surface area contributed by atoms with E-state index in [1.165, 1.54) is 0 Å². The summed E-state index contributed by atoms with van der Waals surface area (Å²) in [5, 5.41) is 0. The first-order valence-corrected chi connectivity index (χ1v) is 7.70. The predicted molar refractivity (Wildman–Crippen MR) is 107 cm³/mol. The minimum atomic E-state index is 0. The normalized spacial score (nSPS) is 9.58. The van der Waals surface area contributed by atoms with Gasteiger partial charge in [0.15, 0.2) is 0 Å². The highest BCUT2D eigenvalue weighted by Crippen LogP contribution is 2.33. The third kappa shape index (κ3) is 5.69. The van der Waals surface area contributed by atoms with Gasteiger partial charge >= 0.3 is 0 Å². The standard InChI is InChI=1S/C18H24N2O2.2ClH/c1-3-9-21-17-11-13(5-7-15(17)19)14-6-8-16(20)18(12-14)22-10-4-2;;/h5-8,11-12H,3-4,9-10,19-20H2,1-2H3;2*1H. The topological polar surface area (TPSA) is 70.5 Å². The summed E-state index contributed by atoms with van der Waals surface area (Å²) in [4.78, 5) is 0. The van der Waals surface area contributed by atoms with Crippen LogP contribution in [0.4, 0.5) is 11.4 Å². The maximum absolute atomic E-state index is 5.96. The fourth-order valence-corrected chi connectivity index (χ4v) is 2.10. The zero-order valence-electron chi connectivity index (χ0n) is 14.1. The van der Waals surface area contributed by atoms with Crippen LogP contribution in [0.25, 0.3) is 11.1 Å². The first-order valence-electron chi connectivity index (χ1n) is 7.70. The van der Waals surface area contributed by atoms with E-state index in [-0.39, 0.29) is 24.8 Å². The minimum Gasteiger partial charge on any atom is -0.491 e. The maximum atomic E-state index is 5.96. The summed E-state index contributed by atoms with van der Waals surface area (Å²) >= 11 is 0. The highest BCUT2D eigenvalue weighted by Gasteiger charge is 2.07. The second-order valence-electron chi connectivity index (χ2n) is 5.20. The van der Waals surface area contributed by atoms with Gasteiger partial charge in [0.05, 0.1) is 24.6 Å². The quantitative estimate of drug-likeness (QED) is 0.675. The van der Waals surface area contributed by atoms with Gasteiger partial charge in [0, 0.05) is 0 Å². The van der Waals surface area contributed by atoms with Gasteiger partial charge in [-0.1, -0.05) is 26.0 Å². The van der Waals surface area contributed by atoms with Crippen molar-refractivity contribution >= 4 is 36.2 Å². The summed E-state index contributed by atoms with van der Waals surface area (Å²) in [5.41, 5.74) is 15.3. The Hall–Kier alpha value is -1.78. The molecule has 0 bridgehead atoms. The summed E-state index contributed by atoms with van der Waals surface area (Å²) < 4.78 is 11.4. The van der Waals surface area contributed by atoms with Crippen LogP contribution < -0.4 is 20.9 Å². The van der Waals surface area contributed by atoms with Crippen LogP contribution in [0.5, 0.6) is 11.5 Å². The van der Waals surface area contributed by atoms with E-state index in [0.29, 0.717) is 36.1 Å². The zero-order chi connectivity index (χ0) is 15.9. The van der Waals surface area contributed by atoms with Crippen LogP contribution in [0.2, 0.25) is 0 Å². The number of benzene rings is 2. The number of ether oxygens (including phenoxy) is 2. The van der Waals surface area contributed by atoms with E-state index in [2.05, 4.69) is 13.8 Å². The summed E-state index contributed by atoms with van der Waals surface area (Å²) in [5.74, 6) is 1.43. The lowest BCUT2D eigenvalue weighted by atomic mass is 10.0. The molecule has 0 saturated heterocycles. The summed E-state index contributed by atoms with van der Waals surface area (Å²) in [7, 11) is 0. The molecule has 0 atom stereocenters. The molecule has 24 heavy (non-hydrogen) atoms. The molecule has 0 fully saturated rings. The molecule has 0 aromatic heterocycles. The number of halogens is 2. The van der Waals surface area contributed by atoms with Gasteiger partial charge in [-0.2, -0.15) is 0 Å². The van der Waals surface area contributed by atoms with Gasteiger partial charge in [0.25, 0.3) is 0 Å². The number of hydrogen-bond acceptors (Lipinski definition) is 4. The van der Waals surface area contributed by atoms with Crippen molar-refractivity contribution in [1.82, 2.24) is 0 Å². The van der Waals surface area contributed by atoms with E-state index in [1.807, 2.05) is 36.4 Å². The van der Waals surface area contributed by atoms with Crippen molar-refractivity contribution in [3.05, 3.63) is 36.4 Å². The molecule has 134 valence electrons. The van der Waals surface area contributed by atoms with Crippen molar-refractivity contribution < 1.29 is 9.47 Å². The minimum absolute atomic E-state index is 0. The van der Waals surface area contributed by atoms with Crippen molar-refractivity contribution in [1.29, 1.82) is 0 Å². The molecule has 2 aromatic carbocycles. The Kier molecular flexibility index (Phi) is 10.1. The SMILES string of the molecule is CCCOc1cc(-c2ccc(N)c(OCCC)c2)ccc1N.Cl.Cl. The molecule has 0 radical (unpaired) electrons. The third-order valence-corrected chi connectivity index (χ3v) is 3.28. The molecule has 0 saturated carbocycles. The first kappa shape index (κ1) is 22.2. The van der Waals surface area contributed by atoms with E-state index < -0.39 is 0 Å². The molecule has 6 heteroatoms. The van der Waals surface area contributed by atoms with Crippen LogP contribution in [0.3, 0.4) is 0 Å². The summed E-state index contributed by atoms with van der Waals surface area (Å²) in [6.45, 7) is 5.44. The lowest BCUT2D eigenvalue weighted by Gasteiger charge is -2.12. The zero-order valence-corrected chi connectivity index (χ0v) is 15.7. The number of nitrogens with two attached hydrogens (primary N) is 2. The van der Waals surface area contributed by atoms with Crippen LogP contribution in [-0.4, -0.2) is 13.2 Å². The highest BCUT2D eigenvalue weighted by atomic mass is 35.5. The number of rotatable bonds is 7. The Bertz CT molecular complexity index is 581. The van der Waals surface area contributed by atoms with Gasteiger partial charge in [-0.15, -0.1) is 24.8 Å². The molecule has 0 heterocycles. The van der Waals surface area contributed by atoms with Crippen molar-refractivity contribution in [2.24, 2.45) is 0 Å². The molecular formula is C18H26Cl2N2O2. The maximum Gasteiger partial charge on any atom is 0.142 e. The van der Waals surface area contributed by atoms with Gasteiger partial charge in [-0.05, 0) is 48.2 Å². The predicted octanol–water partition coefficient (Wildman–Crippen LogP) is 4.94. The molecule has 4 N–H and O–H groups in total. The van der Waals surface area contributed by atoms with E-state index in [4.69, 9.17) is 20.9 Å². The first-order chi connectivity index (χ1) is 10.7. The average molecular weight is 373 g/mol. The van der Waals surface area contributed by atoms with Crippen LogP contribution in [0.1, 0.15) is 26.7 Å². The van der Waals surface area contributed by atoms with Crippen molar-refractivity contribution in [3.8, 4) is 22.6 Å². The molecule has 0 aliphatic rings. The number of anilines is 2. The monoisotopic (exact) mass is 372 g/mol. The molecule has 0 unspecified atom stereocenters. The Balaban J connectivity index is 0.00000264. The molecule has 0 aliphatic carbocycles. The van der Waals surface area contributed by atoms with Crippen LogP contribution >= 0.6 is 24.8 Å². The molecule has 0 aliphatic heterocycles. The Labute approximate surface area is 156 Å². The number of nitrogen functional groups attached to an aromatic ring is 2. The molecule has 2 aromatic rings. The Morgan fingerprint density at radius 1 is 0.708 bits per heavy atom. The average Bonchev–Trinajstić information content (AvgIpc) is 2.53. The number of hydrogen-bond donors (Lipinski definition) is 2. The van der Waals surface area contributed by atoms with Crippen molar-refractivity contribution in [2.45, 2.75) is 26.7 Å². The second-order valence-corrected chi connectivity index (χ2v) is 5.20. The largest absolute Gasteiger partial charge is 0.491 e. The lowest BCUT2D eigenvalue weighted by Crippen LogP contribution is -2.00. The Morgan fingerprint density at radius 3 is 1.42 bits per heavy atom. The van der Waals surface area contributed by atoms with E-state index in [1.54, 1.807) is 0 Å². The third-order valence-electron chi connectivity index (χ3n) is 3.28. The van der Waals surface area contributed by atoms with Crippen LogP contribution in [0, 0.1) is 0 Å². The summed E-state index contributed by atoms with van der Waals surface area (Å²) in [6.07, 6.45) is 1.89. The van der Waals surface area contributed by atoms with Crippen molar-refractivity contribution in [3.63, 3.8) is 0 Å². The molecule has 0 spiro atoms. The van der Waals surface area contributed by atoms with Gasteiger partial charge < -0.3 is 20.9 Å². The lowest BCUT2D eigenvalue weighted by molar-refractivity contribution is 0.318. The fraction of sp³-hybridized carbons (Fsp3) is 0.333. The molecule has 2 rings (SSSR count). The van der Waals surface area contributed by atoms with Crippen molar-refractivity contribution in [2.75, 3.05) is 24.7 Å². The van der Waals surface area contributed by atoms with Gasteiger partial charge in [-0.25, -0.2) is 0 Å². The van der Waals surface area contributed by atoms with Gasteiger partial charge in [-0.3, -0.25) is 0 Å². The molecule has 4 nitrogen and oxygen atoms in total. The summed E-state index contributed by atoms with van der Waals surface area (Å²) in [6, 6.07) is 11.6. The smallest absolute Gasteiger partial charge is 0.142 e. The Morgan fingerprint density at radius 2 is 1.08 bits per heavy atom. The van der Waals surface area contributed by atoms with Gasteiger partial charge in [0.1, 0.15) is 11.5 Å². The van der Waals surface area contributed by atoms with Crippen LogP contribution in [0.15, 0.2) is 36.4 Å². The van der Waals surface area contributed by atoms with E-state index in [9.17, 15) is 0 Å². The second kappa shape index (κ2) is 10.9. The molecular weight excluding hydrogens is 347 g/mol. The van der Waals surface area contributed by atoms with E-state index >= 15 is 0 Å². The highest BCUT2D eigenvalue weighted by molar-refractivity contribution is 5.85. The molecule has 0 amide bonds.